The number of fused-ring (bicyclic) bond motifs is 3. The zero-order valence-electron chi connectivity index (χ0n) is 33.5. The molecule has 1 saturated heterocycles. The third-order valence-electron chi connectivity index (χ3n) is 12.5. The lowest BCUT2D eigenvalue weighted by Gasteiger charge is -2.35. The van der Waals surface area contributed by atoms with Crippen molar-refractivity contribution < 1.29 is 38.5 Å². The van der Waals surface area contributed by atoms with Gasteiger partial charge in [-0.1, -0.05) is 38.4 Å². The number of pyridine rings is 1. The molecule has 2 N–H and O–H groups in total. The van der Waals surface area contributed by atoms with Gasteiger partial charge in [0, 0.05) is 35.7 Å². The first kappa shape index (κ1) is 40.9. The number of allylic oxidation sites excluding steroid dienone is 1. The van der Waals surface area contributed by atoms with Gasteiger partial charge in [-0.05, 0) is 81.3 Å². The minimum atomic E-state index is -1.26. The quantitative estimate of drug-likeness (QED) is 0.113. The van der Waals surface area contributed by atoms with E-state index < -0.39 is 40.8 Å². The summed E-state index contributed by atoms with van der Waals surface area (Å²) in [6, 6.07) is 4.51. The molecule has 306 valence electrons. The Bertz CT molecular complexity index is 2080. The number of carbonyl (C=O) groups is 4. The molecular weight excluding hydrogens is 768 g/mol. The molecule has 4 fully saturated rings. The Morgan fingerprint density at radius 3 is 2.51 bits per heavy atom. The highest BCUT2D eigenvalue weighted by atomic mass is 35.5. The van der Waals surface area contributed by atoms with Crippen molar-refractivity contribution in [3.8, 4) is 22.9 Å². The second-order valence-electron chi connectivity index (χ2n) is 17.8. The zero-order valence-corrected chi connectivity index (χ0v) is 35.1. The van der Waals surface area contributed by atoms with E-state index in [1.807, 2.05) is 40.0 Å². The van der Waals surface area contributed by atoms with Crippen LogP contribution in [0.4, 0.5) is 5.13 Å². The van der Waals surface area contributed by atoms with E-state index in [1.165, 1.54) is 29.8 Å². The van der Waals surface area contributed by atoms with Crippen LogP contribution in [0.2, 0.25) is 5.02 Å². The fraction of sp³-hybridized carbons (Fsp3) is 0.581. The van der Waals surface area contributed by atoms with Crippen molar-refractivity contribution in [2.45, 2.75) is 110 Å². The number of carbonyl (C=O) groups excluding carboxylic acids is 3. The van der Waals surface area contributed by atoms with E-state index >= 15 is 0 Å². The Labute approximate surface area is 342 Å². The molecular formula is C43H53ClN4O8S. The standard InChI is InChI=1S/C43H53ClN4O8S/c1-8-25-18-43(25,40(52)53)19-32(49)31-15-26(20-48(31)39(51)28(42(4,5)6)16-36(50)56-34-14-23-9-10-24(34)13-23)55-35-17-29(30-21-57-41(47-30)45-22(2)3)46-38-27(35)11-12-33(54-7)37(38)44/h8,11-12,17,21-26,28,31,34H,1,9-10,13-16,18-20H2,2-7H3,(H,45,47)(H,52,53)/t23?,24?,25-,26-,28-,31+,34?,43-/m1/s1. The molecule has 2 bridgehead atoms. The van der Waals surface area contributed by atoms with Crippen molar-refractivity contribution in [2.24, 2.45) is 34.5 Å². The second kappa shape index (κ2) is 15.8. The molecule has 4 aliphatic rings. The normalized spacial score (nSPS) is 27.1. The summed E-state index contributed by atoms with van der Waals surface area (Å²) in [7, 11) is 1.52. The van der Waals surface area contributed by atoms with Crippen LogP contribution in [0.1, 0.15) is 86.0 Å². The molecule has 57 heavy (non-hydrogen) atoms. The summed E-state index contributed by atoms with van der Waals surface area (Å²) in [5.74, 6) is -1.51. The van der Waals surface area contributed by atoms with E-state index in [1.54, 1.807) is 24.3 Å². The first-order chi connectivity index (χ1) is 27.0. The fourth-order valence-electron chi connectivity index (χ4n) is 9.19. The van der Waals surface area contributed by atoms with Gasteiger partial charge in [0.05, 0.1) is 48.7 Å². The van der Waals surface area contributed by atoms with Crippen LogP contribution in [0.5, 0.6) is 11.5 Å². The first-order valence-electron chi connectivity index (χ1n) is 20.0. The monoisotopic (exact) mass is 820 g/mol. The van der Waals surface area contributed by atoms with Gasteiger partial charge in [-0.15, -0.1) is 17.9 Å². The molecule has 3 aromatic rings. The molecule has 3 saturated carbocycles. The highest BCUT2D eigenvalue weighted by Gasteiger charge is 2.61. The van der Waals surface area contributed by atoms with Crippen molar-refractivity contribution in [1.82, 2.24) is 14.9 Å². The summed E-state index contributed by atoms with van der Waals surface area (Å²) in [6.07, 6.45) is 5.01. The summed E-state index contributed by atoms with van der Waals surface area (Å²) in [5, 5.41) is 17.0. The number of aliphatic carboxylic acids is 1. The van der Waals surface area contributed by atoms with Gasteiger partial charge in [-0.3, -0.25) is 19.2 Å². The van der Waals surface area contributed by atoms with Crippen LogP contribution in [0.15, 0.2) is 36.2 Å². The second-order valence-corrected chi connectivity index (χ2v) is 19.0. The number of carboxylic acids is 1. The number of ketones is 1. The molecule has 3 unspecified atom stereocenters. The van der Waals surface area contributed by atoms with Crippen LogP contribution in [-0.2, 0) is 23.9 Å². The molecule has 0 radical (unpaired) electrons. The number of carboxylic acid groups (broad SMARTS) is 1. The summed E-state index contributed by atoms with van der Waals surface area (Å²) in [5.41, 5.74) is -0.372. The van der Waals surface area contributed by atoms with Crippen LogP contribution >= 0.6 is 22.9 Å². The van der Waals surface area contributed by atoms with Crippen LogP contribution in [0.25, 0.3) is 22.3 Å². The molecule has 14 heteroatoms. The lowest BCUT2D eigenvalue weighted by molar-refractivity contribution is -0.158. The minimum absolute atomic E-state index is 0.0381. The number of likely N-dealkylation sites (tertiary alicyclic amines) is 1. The zero-order chi connectivity index (χ0) is 41.0. The van der Waals surface area contributed by atoms with Crippen molar-refractivity contribution in [2.75, 3.05) is 19.0 Å². The van der Waals surface area contributed by atoms with E-state index in [9.17, 15) is 24.3 Å². The number of hydrogen-bond acceptors (Lipinski definition) is 11. The van der Waals surface area contributed by atoms with E-state index in [-0.39, 0.29) is 55.6 Å². The number of nitrogens with one attached hydrogen (secondary N) is 1. The number of amides is 1. The van der Waals surface area contributed by atoms with Gasteiger partial charge in [-0.25, -0.2) is 9.97 Å². The van der Waals surface area contributed by atoms with Crippen molar-refractivity contribution in [3.63, 3.8) is 0 Å². The average Bonchev–Trinajstić information content (AvgIpc) is 3.67. The molecule has 1 aromatic carbocycles. The summed E-state index contributed by atoms with van der Waals surface area (Å²) < 4.78 is 18.3. The van der Waals surface area contributed by atoms with Gasteiger partial charge in [0.15, 0.2) is 10.9 Å². The van der Waals surface area contributed by atoms with Crippen LogP contribution in [0.3, 0.4) is 0 Å². The number of benzene rings is 1. The molecule has 1 amide bonds. The fourth-order valence-corrected chi connectivity index (χ4v) is 10.3. The number of nitrogens with zero attached hydrogens (tertiary/aromatic N) is 3. The third-order valence-corrected chi connectivity index (χ3v) is 13.6. The predicted molar refractivity (Wildman–Crippen MR) is 219 cm³/mol. The molecule has 3 heterocycles. The maximum atomic E-state index is 14.8. The maximum absolute atomic E-state index is 14.8. The number of esters is 1. The van der Waals surface area contributed by atoms with E-state index in [0.29, 0.717) is 57.1 Å². The first-order valence-corrected chi connectivity index (χ1v) is 21.2. The maximum Gasteiger partial charge on any atom is 0.310 e. The van der Waals surface area contributed by atoms with Crippen molar-refractivity contribution >= 4 is 62.6 Å². The highest BCUT2D eigenvalue weighted by molar-refractivity contribution is 7.14. The van der Waals surface area contributed by atoms with E-state index in [4.69, 9.17) is 35.8 Å². The average molecular weight is 821 g/mol. The van der Waals surface area contributed by atoms with E-state index in [2.05, 4.69) is 11.9 Å². The molecule has 0 spiro atoms. The van der Waals surface area contributed by atoms with Gasteiger partial charge < -0.3 is 29.5 Å². The molecule has 2 aromatic heterocycles. The highest BCUT2D eigenvalue weighted by Crippen LogP contribution is 2.57. The lowest BCUT2D eigenvalue weighted by atomic mass is 9.77. The third kappa shape index (κ3) is 8.24. The predicted octanol–water partition coefficient (Wildman–Crippen LogP) is 8.21. The molecule has 1 aliphatic heterocycles. The molecule has 7 rings (SSSR count). The Balaban J connectivity index is 1.20. The Morgan fingerprint density at radius 1 is 1.12 bits per heavy atom. The van der Waals surface area contributed by atoms with Gasteiger partial charge >= 0.3 is 11.9 Å². The van der Waals surface area contributed by atoms with Gasteiger partial charge in [0.2, 0.25) is 5.91 Å². The van der Waals surface area contributed by atoms with Gasteiger partial charge in [0.25, 0.3) is 0 Å². The topological polar surface area (TPSA) is 157 Å². The minimum Gasteiger partial charge on any atom is -0.495 e. The number of anilines is 1. The van der Waals surface area contributed by atoms with Crippen LogP contribution < -0.4 is 14.8 Å². The number of aromatic nitrogens is 2. The number of halogens is 1. The number of Topliss-reactive ketones (excluding diaryl/α,β-unsaturated/α-hetero) is 1. The Hall–Kier alpha value is -4.23. The van der Waals surface area contributed by atoms with Gasteiger partial charge in [-0.2, -0.15) is 0 Å². The van der Waals surface area contributed by atoms with Gasteiger partial charge in [0.1, 0.15) is 34.4 Å². The number of thiazole rings is 1. The summed E-state index contributed by atoms with van der Waals surface area (Å²) >= 11 is 8.28. The molecule has 8 atom stereocenters. The molecule has 3 aliphatic carbocycles. The Morgan fingerprint density at radius 2 is 1.89 bits per heavy atom. The SMILES string of the molecule is C=C[C@@H]1C[C@]1(CC(=O)[C@@H]1C[C@@H](Oc2cc(-c3csc(NC(C)C)n3)nc3c(Cl)c(OC)ccc23)CN1C(=O)[C@@H](CC(=O)OC1CC2CCC1C2)C(C)(C)C)C(=O)O. The number of rotatable bonds is 15. The largest absolute Gasteiger partial charge is 0.495 e. The van der Waals surface area contributed by atoms with Crippen molar-refractivity contribution in [3.05, 3.63) is 41.3 Å². The van der Waals surface area contributed by atoms with Crippen molar-refractivity contribution in [1.29, 1.82) is 0 Å². The number of hydrogen-bond donors (Lipinski definition) is 2. The van der Waals surface area contributed by atoms with Crippen LogP contribution in [0, 0.1) is 34.5 Å². The Kier molecular flexibility index (Phi) is 11.4. The van der Waals surface area contributed by atoms with Crippen LogP contribution in [-0.4, -0.2) is 81.5 Å². The smallest absolute Gasteiger partial charge is 0.310 e. The number of ether oxygens (including phenoxy) is 3. The number of methoxy groups -OCH3 is 1. The van der Waals surface area contributed by atoms with E-state index in [0.717, 1.165) is 24.4 Å². The summed E-state index contributed by atoms with van der Waals surface area (Å²) in [4.78, 5) is 66.3. The molecule has 12 nitrogen and oxygen atoms in total. The lowest BCUT2D eigenvalue weighted by Crippen LogP contribution is -2.48. The summed E-state index contributed by atoms with van der Waals surface area (Å²) in [6.45, 7) is 13.6.